The van der Waals surface area contributed by atoms with Gasteiger partial charge in [0.15, 0.2) is 11.6 Å². The lowest BCUT2D eigenvalue weighted by Crippen LogP contribution is -2.17. The molecule has 0 aliphatic heterocycles. The van der Waals surface area contributed by atoms with Crippen LogP contribution in [0.2, 0.25) is 0 Å². The van der Waals surface area contributed by atoms with E-state index in [1.165, 1.54) is 25.7 Å². The van der Waals surface area contributed by atoms with E-state index >= 15 is 0 Å². The van der Waals surface area contributed by atoms with Gasteiger partial charge in [-0.1, -0.05) is 44.7 Å². The topological polar surface area (TPSA) is 17.1 Å². The summed E-state index contributed by atoms with van der Waals surface area (Å²) in [6.07, 6.45) is 11.7. The predicted molar refractivity (Wildman–Crippen MR) is 101 cm³/mol. The van der Waals surface area contributed by atoms with Gasteiger partial charge in [0.05, 0.1) is 0 Å². The van der Waals surface area contributed by atoms with Crippen LogP contribution in [0.1, 0.15) is 107 Å². The van der Waals surface area contributed by atoms with Crippen LogP contribution in [0.3, 0.4) is 0 Å². The first kappa shape index (κ1) is 19.5. The van der Waals surface area contributed by atoms with Crippen LogP contribution < -0.4 is 0 Å². The van der Waals surface area contributed by atoms with Crippen LogP contribution in [0.25, 0.3) is 0 Å². The molecule has 26 heavy (non-hydrogen) atoms. The average Bonchev–Trinajstić information content (AvgIpc) is 2.66. The maximum atomic E-state index is 14.8. The van der Waals surface area contributed by atoms with E-state index in [9.17, 15) is 13.6 Å². The molecule has 0 unspecified atom stereocenters. The molecule has 1 aromatic rings. The molecule has 0 N–H and O–H groups in total. The highest BCUT2D eigenvalue weighted by molar-refractivity contribution is 5.79. The van der Waals surface area contributed by atoms with Crippen molar-refractivity contribution in [2.75, 3.05) is 0 Å². The second-order valence-corrected chi connectivity index (χ2v) is 8.40. The fraction of sp³-hybridized carbons (Fsp3) is 0.696. The summed E-state index contributed by atoms with van der Waals surface area (Å²) in [5.41, 5.74) is 1.05. The zero-order valence-electron chi connectivity index (χ0n) is 16.0. The highest BCUT2D eigenvalue weighted by atomic mass is 19.2. The number of Topliss-reactive ketones (excluding diaryl/α,β-unsaturated/α-hetero) is 1. The minimum atomic E-state index is -0.660. The molecule has 0 bridgehead atoms. The molecule has 1 nitrogen and oxygen atoms in total. The number of benzene rings is 1. The van der Waals surface area contributed by atoms with Gasteiger partial charge in [-0.25, -0.2) is 8.78 Å². The number of halogens is 2. The lowest BCUT2D eigenvalue weighted by Gasteiger charge is -2.30. The molecule has 2 fully saturated rings. The summed E-state index contributed by atoms with van der Waals surface area (Å²) in [6.45, 7) is 2.23. The summed E-state index contributed by atoms with van der Waals surface area (Å²) in [4.78, 5) is 11.4. The highest BCUT2D eigenvalue weighted by Gasteiger charge is 2.29. The molecule has 144 valence electrons. The molecular formula is C23H32F2O. The molecule has 0 atom stereocenters. The van der Waals surface area contributed by atoms with E-state index in [1.807, 2.05) is 6.07 Å². The number of hydrogen-bond acceptors (Lipinski definition) is 1. The Morgan fingerprint density at radius 2 is 1.38 bits per heavy atom. The molecule has 0 radical (unpaired) electrons. The van der Waals surface area contributed by atoms with E-state index in [1.54, 1.807) is 6.07 Å². The van der Waals surface area contributed by atoms with Crippen LogP contribution >= 0.6 is 0 Å². The first-order chi connectivity index (χ1) is 12.6. The van der Waals surface area contributed by atoms with Gasteiger partial charge in [0.1, 0.15) is 5.78 Å². The average molecular weight is 363 g/mol. The first-order valence-electron chi connectivity index (χ1n) is 10.6. The molecular weight excluding hydrogens is 330 g/mol. The second-order valence-electron chi connectivity index (χ2n) is 8.40. The van der Waals surface area contributed by atoms with Crippen LogP contribution in [0.4, 0.5) is 8.78 Å². The van der Waals surface area contributed by atoms with Gasteiger partial charge in [0.2, 0.25) is 0 Å². The Bertz CT molecular complexity index is 607. The van der Waals surface area contributed by atoms with Crippen molar-refractivity contribution in [2.45, 2.75) is 95.8 Å². The van der Waals surface area contributed by atoms with E-state index in [0.717, 1.165) is 31.6 Å². The molecule has 3 rings (SSSR count). The molecule has 0 spiro atoms. The van der Waals surface area contributed by atoms with Crippen molar-refractivity contribution >= 4 is 5.78 Å². The number of ketones is 1. The molecule has 0 saturated heterocycles. The summed E-state index contributed by atoms with van der Waals surface area (Å²) in [5.74, 6) is -0.126. The molecule has 0 aromatic heterocycles. The Kier molecular flexibility index (Phi) is 6.83. The molecule has 0 heterocycles. The van der Waals surface area contributed by atoms with E-state index in [-0.39, 0.29) is 17.6 Å². The van der Waals surface area contributed by atoms with Crippen molar-refractivity contribution in [2.24, 2.45) is 5.92 Å². The molecule has 1 aromatic carbocycles. The van der Waals surface area contributed by atoms with Crippen molar-refractivity contribution in [3.05, 3.63) is 34.9 Å². The van der Waals surface area contributed by atoms with Crippen LogP contribution in [0, 0.1) is 17.6 Å². The normalized spacial score (nSPS) is 24.8. The molecule has 3 heteroatoms. The zero-order valence-corrected chi connectivity index (χ0v) is 16.0. The van der Waals surface area contributed by atoms with Crippen molar-refractivity contribution < 1.29 is 13.6 Å². The van der Waals surface area contributed by atoms with Crippen LogP contribution in [-0.2, 0) is 4.79 Å². The van der Waals surface area contributed by atoms with Crippen LogP contribution in [-0.4, -0.2) is 5.78 Å². The predicted octanol–water partition coefficient (Wildman–Crippen LogP) is 7.05. The number of hydrogen-bond donors (Lipinski definition) is 0. The third-order valence-electron chi connectivity index (χ3n) is 6.63. The van der Waals surface area contributed by atoms with E-state index in [2.05, 4.69) is 6.92 Å². The summed E-state index contributed by atoms with van der Waals surface area (Å²) in [7, 11) is 0. The van der Waals surface area contributed by atoms with Crippen molar-refractivity contribution in [1.29, 1.82) is 0 Å². The summed E-state index contributed by atoms with van der Waals surface area (Å²) in [5, 5.41) is 0. The molecule has 2 aliphatic carbocycles. The summed E-state index contributed by atoms with van der Waals surface area (Å²) in [6, 6.07) is 3.62. The Morgan fingerprint density at radius 3 is 1.92 bits per heavy atom. The van der Waals surface area contributed by atoms with Crippen molar-refractivity contribution in [1.82, 2.24) is 0 Å². The zero-order chi connectivity index (χ0) is 18.5. The largest absolute Gasteiger partial charge is 0.300 e. The van der Waals surface area contributed by atoms with Gasteiger partial charge in [0, 0.05) is 12.8 Å². The number of carbonyl (C=O) groups is 1. The van der Waals surface area contributed by atoms with Crippen LogP contribution in [0.5, 0.6) is 0 Å². The smallest absolute Gasteiger partial charge is 0.162 e. The van der Waals surface area contributed by atoms with Gasteiger partial charge in [-0.15, -0.1) is 0 Å². The van der Waals surface area contributed by atoms with Gasteiger partial charge < -0.3 is 0 Å². The molecule has 2 saturated carbocycles. The first-order valence-corrected chi connectivity index (χ1v) is 10.6. The Labute approximate surface area is 156 Å². The fourth-order valence-corrected chi connectivity index (χ4v) is 4.91. The second kappa shape index (κ2) is 9.10. The number of unbranched alkanes of at least 4 members (excludes halogenated alkanes) is 2. The van der Waals surface area contributed by atoms with Gasteiger partial charge in [0.25, 0.3) is 0 Å². The van der Waals surface area contributed by atoms with Gasteiger partial charge in [-0.05, 0) is 67.4 Å². The van der Waals surface area contributed by atoms with Crippen molar-refractivity contribution in [3.63, 3.8) is 0 Å². The highest BCUT2D eigenvalue weighted by Crippen LogP contribution is 2.41. The van der Waals surface area contributed by atoms with Crippen molar-refractivity contribution in [3.8, 4) is 0 Å². The Morgan fingerprint density at radius 1 is 0.846 bits per heavy atom. The fourth-order valence-electron chi connectivity index (χ4n) is 4.91. The Hall–Kier alpha value is -1.25. The van der Waals surface area contributed by atoms with E-state index in [0.29, 0.717) is 36.8 Å². The minimum Gasteiger partial charge on any atom is -0.300 e. The summed E-state index contributed by atoms with van der Waals surface area (Å²) < 4.78 is 29.5. The van der Waals surface area contributed by atoms with Crippen LogP contribution in [0.15, 0.2) is 12.1 Å². The third kappa shape index (κ3) is 4.53. The summed E-state index contributed by atoms with van der Waals surface area (Å²) >= 11 is 0. The quantitative estimate of drug-likeness (QED) is 0.496. The van der Waals surface area contributed by atoms with Gasteiger partial charge in [-0.2, -0.15) is 0 Å². The minimum absolute atomic E-state index is 0.00875. The lowest BCUT2D eigenvalue weighted by molar-refractivity contribution is -0.120. The standard InChI is InChI=1S/C23H32F2O/c1-2-3-4-5-16-6-8-17(9-7-16)20-14-15-21(23(25)22(20)24)18-10-12-19(26)13-11-18/h14-18H,2-13H2,1H3. The Balaban J connectivity index is 1.63. The maximum absolute atomic E-state index is 14.8. The monoisotopic (exact) mass is 362 g/mol. The molecule has 2 aliphatic rings. The molecule has 0 amide bonds. The lowest BCUT2D eigenvalue weighted by atomic mass is 9.76. The van der Waals surface area contributed by atoms with E-state index < -0.39 is 11.6 Å². The van der Waals surface area contributed by atoms with E-state index in [4.69, 9.17) is 0 Å². The SMILES string of the molecule is CCCCCC1CCC(c2ccc(C3CCC(=O)CC3)c(F)c2F)CC1. The number of carbonyl (C=O) groups excluding carboxylic acids is 1. The maximum Gasteiger partial charge on any atom is 0.162 e. The number of rotatable bonds is 6. The third-order valence-corrected chi connectivity index (χ3v) is 6.63. The van der Waals surface area contributed by atoms with Gasteiger partial charge in [-0.3, -0.25) is 4.79 Å². The van der Waals surface area contributed by atoms with Gasteiger partial charge >= 0.3 is 0 Å².